The van der Waals surface area contributed by atoms with Gasteiger partial charge in [-0.2, -0.15) is 0 Å². The molecule has 1 saturated carbocycles. The van der Waals surface area contributed by atoms with Crippen molar-refractivity contribution in [3.63, 3.8) is 0 Å². The molecule has 0 saturated heterocycles. The fourth-order valence-corrected chi connectivity index (χ4v) is 3.83. The third-order valence-electron chi connectivity index (χ3n) is 5.34. The van der Waals surface area contributed by atoms with Gasteiger partial charge in [-0.15, -0.1) is 5.10 Å². The summed E-state index contributed by atoms with van der Waals surface area (Å²) < 4.78 is 13.1. The number of carbonyl (C=O) groups is 1. The summed E-state index contributed by atoms with van der Waals surface area (Å²) in [5.74, 6) is 0.134. The lowest BCUT2D eigenvalue weighted by molar-refractivity contribution is -0.154. The quantitative estimate of drug-likeness (QED) is 0.527. The number of aromatic nitrogens is 4. The predicted octanol–water partition coefficient (Wildman–Crippen LogP) is 2.32. The van der Waals surface area contributed by atoms with E-state index in [1.54, 1.807) is 17.8 Å². The van der Waals surface area contributed by atoms with E-state index in [0.29, 0.717) is 34.9 Å². The fraction of sp³-hybridized carbons (Fsp3) is 0.636. The van der Waals surface area contributed by atoms with E-state index >= 15 is 0 Å². The summed E-state index contributed by atoms with van der Waals surface area (Å²) in [5.41, 5.74) is 1.88. The van der Waals surface area contributed by atoms with E-state index in [2.05, 4.69) is 15.3 Å². The Kier molecular flexibility index (Phi) is 6.96. The standard InChI is InChI=1S/C22H32N4O5/c1-13-18(30-15-8-6-7-14(11-15)21(28)29)10-9-16(23-13)20-17(26(5)25-24-20)12-19(27)31-22(2,3)4/h9-10,14-15,21,28-29H,6-8,11-12H2,1-5H3/t14-,15-/m0/s1. The molecule has 31 heavy (non-hydrogen) atoms. The number of esters is 1. The van der Waals surface area contributed by atoms with Crippen LogP contribution in [0.2, 0.25) is 0 Å². The van der Waals surface area contributed by atoms with Crippen molar-refractivity contribution in [1.29, 1.82) is 0 Å². The van der Waals surface area contributed by atoms with E-state index in [0.717, 1.165) is 19.3 Å². The number of aliphatic hydroxyl groups is 2. The Balaban J connectivity index is 1.75. The lowest BCUT2D eigenvalue weighted by Gasteiger charge is -2.30. The summed E-state index contributed by atoms with van der Waals surface area (Å²) in [4.78, 5) is 16.9. The Bertz CT molecular complexity index is 919. The van der Waals surface area contributed by atoms with Crippen LogP contribution in [0.5, 0.6) is 5.75 Å². The van der Waals surface area contributed by atoms with Gasteiger partial charge in [-0.25, -0.2) is 4.98 Å². The minimum absolute atomic E-state index is 0.0437. The molecule has 0 spiro atoms. The number of rotatable bonds is 6. The van der Waals surface area contributed by atoms with Crippen LogP contribution in [0.25, 0.3) is 11.4 Å². The Morgan fingerprint density at radius 1 is 1.29 bits per heavy atom. The van der Waals surface area contributed by atoms with Crippen molar-refractivity contribution in [2.45, 2.75) is 77.8 Å². The molecule has 170 valence electrons. The van der Waals surface area contributed by atoms with Gasteiger partial charge in [0.05, 0.1) is 29.6 Å². The summed E-state index contributed by atoms with van der Waals surface area (Å²) in [6, 6.07) is 3.63. The topological polar surface area (TPSA) is 120 Å². The monoisotopic (exact) mass is 432 g/mol. The van der Waals surface area contributed by atoms with Gasteiger partial charge in [-0.05, 0) is 65.5 Å². The van der Waals surface area contributed by atoms with Crippen molar-refractivity contribution in [2.24, 2.45) is 13.0 Å². The predicted molar refractivity (Wildman–Crippen MR) is 113 cm³/mol. The molecule has 2 N–H and O–H groups in total. The first kappa shape index (κ1) is 23.1. The normalized spacial score (nSPS) is 19.5. The first-order valence-electron chi connectivity index (χ1n) is 10.6. The van der Waals surface area contributed by atoms with E-state index in [4.69, 9.17) is 9.47 Å². The molecule has 1 aliphatic rings. The maximum Gasteiger partial charge on any atom is 0.312 e. The van der Waals surface area contributed by atoms with Crippen LogP contribution in [0.15, 0.2) is 12.1 Å². The van der Waals surface area contributed by atoms with Crippen LogP contribution in [0.3, 0.4) is 0 Å². The molecule has 0 bridgehead atoms. The van der Waals surface area contributed by atoms with E-state index in [1.807, 2.05) is 33.8 Å². The van der Waals surface area contributed by atoms with Crippen LogP contribution in [0.4, 0.5) is 0 Å². The van der Waals surface area contributed by atoms with Gasteiger partial charge < -0.3 is 19.7 Å². The number of nitrogens with zero attached hydrogens (tertiary/aromatic N) is 4. The zero-order valence-corrected chi connectivity index (χ0v) is 18.8. The van der Waals surface area contributed by atoms with Crippen molar-refractivity contribution in [1.82, 2.24) is 20.0 Å². The van der Waals surface area contributed by atoms with E-state index in [9.17, 15) is 15.0 Å². The van der Waals surface area contributed by atoms with Gasteiger partial charge in [0.1, 0.15) is 17.0 Å². The second kappa shape index (κ2) is 9.32. The van der Waals surface area contributed by atoms with E-state index < -0.39 is 11.9 Å². The maximum absolute atomic E-state index is 12.3. The van der Waals surface area contributed by atoms with Gasteiger partial charge in [-0.3, -0.25) is 9.48 Å². The number of ether oxygens (including phenoxy) is 2. The molecule has 0 aliphatic heterocycles. The van der Waals surface area contributed by atoms with Gasteiger partial charge in [0.2, 0.25) is 0 Å². The molecule has 3 rings (SSSR count). The zero-order valence-electron chi connectivity index (χ0n) is 18.8. The van der Waals surface area contributed by atoms with Crippen molar-refractivity contribution in [2.75, 3.05) is 0 Å². The van der Waals surface area contributed by atoms with Crippen molar-refractivity contribution >= 4 is 5.97 Å². The third kappa shape index (κ3) is 6.01. The number of hydrogen-bond donors (Lipinski definition) is 2. The first-order chi connectivity index (χ1) is 14.5. The molecule has 0 aromatic carbocycles. The summed E-state index contributed by atoms with van der Waals surface area (Å²) in [5, 5.41) is 27.2. The highest BCUT2D eigenvalue weighted by molar-refractivity contribution is 5.75. The lowest BCUT2D eigenvalue weighted by atomic mass is 9.87. The summed E-state index contributed by atoms with van der Waals surface area (Å²) in [6.45, 7) is 7.33. The molecule has 2 aromatic rings. The van der Waals surface area contributed by atoms with Crippen molar-refractivity contribution < 1.29 is 24.5 Å². The minimum Gasteiger partial charge on any atom is -0.489 e. The Labute approximate surface area is 182 Å². The molecule has 9 heteroatoms. The van der Waals surface area contributed by atoms with Gasteiger partial charge in [0.15, 0.2) is 6.29 Å². The first-order valence-corrected chi connectivity index (χ1v) is 10.6. The van der Waals surface area contributed by atoms with Crippen molar-refractivity contribution in [3.8, 4) is 17.1 Å². The Hall–Kier alpha value is -2.52. The molecular formula is C22H32N4O5. The Morgan fingerprint density at radius 3 is 2.68 bits per heavy atom. The molecular weight excluding hydrogens is 400 g/mol. The molecule has 2 aromatic heterocycles. The zero-order chi connectivity index (χ0) is 22.8. The number of aryl methyl sites for hydroxylation is 2. The second-order valence-corrected chi connectivity index (χ2v) is 9.13. The minimum atomic E-state index is -1.31. The largest absolute Gasteiger partial charge is 0.489 e. The summed E-state index contributed by atoms with van der Waals surface area (Å²) >= 11 is 0. The highest BCUT2D eigenvalue weighted by Gasteiger charge is 2.28. The van der Waals surface area contributed by atoms with Crippen LogP contribution in [0, 0.1) is 12.8 Å². The molecule has 2 heterocycles. The summed E-state index contributed by atoms with van der Waals surface area (Å²) in [7, 11) is 1.73. The molecule has 9 nitrogen and oxygen atoms in total. The number of pyridine rings is 1. The van der Waals surface area contributed by atoms with Crippen LogP contribution in [-0.2, 0) is 23.0 Å². The van der Waals surface area contributed by atoms with E-state index in [1.165, 1.54) is 0 Å². The van der Waals surface area contributed by atoms with Gasteiger partial charge in [0, 0.05) is 13.0 Å². The highest BCUT2D eigenvalue weighted by atomic mass is 16.6. The number of hydrogen-bond acceptors (Lipinski definition) is 8. The Morgan fingerprint density at radius 2 is 2.03 bits per heavy atom. The van der Waals surface area contributed by atoms with Gasteiger partial charge in [-0.1, -0.05) is 5.21 Å². The average Bonchev–Trinajstić information content (AvgIpc) is 3.02. The van der Waals surface area contributed by atoms with E-state index in [-0.39, 0.29) is 24.4 Å². The lowest BCUT2D eigenvalue weighted by Crippen LogP contribution is -2.32. The molecule has 1 aliphatic carbocycles. The summed E-state index contributed by atoms with van der Waals surface area (Å²) in [6.07, 6.45) is 1.81. The number of carbonyl (C=O) groups excluding carboxylic acids is 1. The van der Waals surface area contributed by atoms with Crippen LogP contribution in [0.1, 0.15) is 57.8 Å². The van der Waals surface area contributed by atoms with Crippen molar-refractivity contribution in [3.05, 3.63) is 23.5 Å². The molecule has 0 unspecified atom stereocenters. The smallest absolute Gasteiger partial charge is 0.312 e. The molecule has 0 radical (unpaired) electrons. The fourth-order valence-electron chi connectivity index (χ4n) is 3.83. The number of aliphatic hydroxyl groups excluding tert-OH is 1. The highest BCUT2D eigenvalue weighted by Crippen LogP contribution is 2.31. The maximum atomic E-state index is 12.3. The molecule has 1 fully saturated rings. The average molecular weight is 433 g/mol. The third-order valence-corrected chi connectivity index (χ3v) is 5.34. The molecule has 2 atom stereocenters. The molecule has 0 amide bonds. The second-order valence-electron chi connectivity index (χ2n) is 9.13. The van der Waals surface area contributed by atoms with Crippen LogP contribution < -0.4 is 4.74 Å². The van der Waals surface area contributed by atoms with Gasteiger partial charge in [0.25, 0.3) is 0 Å². The van der Waals surface area contributed by atoms with Crippen LogP contribution in [-0.4, -0.2) is 54.2 Å². The van der Waals surface area contributed by atoms with Crippen LogP contribution >= 0.6 is 0 Å². The van der Waals surface area contributed by atoms with Gasteiger partial charge >= 0.3 is 5.97 Å². The SMILES string of the molecule is Cc1nc(-c2nnn(C)c2CC(=O)OC(C)(C)C)ccc1O[C@H]1CCC[C@H](C(O)O)C1.